The minimum Gasteiger partial charge on any atom is -0.452 e. The van der Waals surface area contributed by atoms with Crippen LogP contribution >= 0.6 is 0 Å². The fourth-order valence-electron chi connectivity index (χ4n) is 4.27. The van der Waals surface area contributed by atoms with Gasteiger partial charge in [-0.3, -0.25) is 4.79 Å². The number of ether oxygens (including phenoxy) is 1. The van der Waals surface area contributed by atoms with Crippen molar-refractivity contribution in [2.75, 3.05) is 18.1 Å². The Morgan fingerprint density at radius 2 is 1.66 bits per heavy atom. The number of carbonyl (C=O) groups excluding carboxylic acids is 2. The molecule has 1 aliphatic carbocycles. The van der Waals surface area contributed by atoms with Crippen molar-refractivity contribution in [2.45, 2.75) is 70.4 Å². The highest BCUT2D eigenvalue weighted by atomic mass is 32.2. The molecule has 7 heteroatoms. The molecule has 1 amide bonds. The Labute approximate surface area is 173 Å². The molecule has 0 unspecified atom stereocenters. The van der Waals surface area contributed by atoms with E-state index in [-0.39, 0.29) is 41.5 Å². The molecule has 1 atom stereocenters. The molecule has 1 saturated carbocycles. The number of hydrogen-bond donors (Lipinski definition) is 0. The first kappa shape index (κ1) is 21.8. The number of benzene rings is 1. The molecule has 1 aromatic rings. The van der Waals surface area contributed by atoms with Gasteiger partial charge in [0.1, 0.15) is 0 Å². The van der Waals surface area contributed by atoms with Crippen LogP contribution in [0.15, 0.2) is 24.3 Å². The van der Waals surface area contributed by atoms with E-state index in [0.717, 1.165) is 31.2 Å². The van der Waals surface area contributed by atoms with E-state index in [2.05, 4.69) is 20.8 Å². The molecule has 6 nitrogen and oxygen atoms in total. The Morgan fingerprint density at radius 1 is 1.03 bits per heavy atom. The van der Waals surface area contributed by atoms with Crippen LogP contribution in [0.1, 0.15) is 68.8 Å². The van der Waals surface area contributed by atoms with Crippen LogP contribution < -0.4 is 0 Å². The van der Waals surface area contributed by atoms with Crippen LogP contribution in [0, 0.1) is 0 Å². The first-order valence-corrected chi connectivity index (χ1v) is 12.2. The smallest absolute Gasteiger partial charge is 0.338 e. The van der Waals surface area contributed by atoms with Crippen LogP contribution in [0.25, 0.3) is 0 Å². The number of amides is 1. The third-order valence-electron chi connectivity index (χ3n) is 5.92. The maximum Gasteiger partial charge on any atom is 0.338 e. The molecule has 160 valence electrons. The Bertz CT molecular complexity index is 848. The Morgan fingerprint density at radius 3 is 2.17 bits per heavy atom. The summed E-state index contributed by atoms with van der Waals surface area (Å²) in [6.45, 7) is 5.94. The summed E-state index contributed by atoms with van der Waals surface area (Å²) in [5, 5.41) is 0. The maximum absolute atomic E-state index is 12.9. The summed E-state index contributed by atoms with van der Waals surface area (Å²) in [6.07, 6.45) is 4.30. The Kier molecular flexibility index (Phi) is 6.36. The predicted molar refractivity (Wildman–Crippen MR) is 112 cm³/mol. The second-order valence-electron chi connectivity index (χ2n) is 9.20. The minimum absolute atomic E-state index is 0.0114. The van der Waals surface area contributed by atoms with Crippen LogP contribution in [-0.4, -0.2) is 55.4 Å². The van der Waals surface area contributed by atoms with Gasteiger partial charge in [-0.05, 0) is 42.4 Å². The predicted octanol–water partition coefficient (Wildman–Crippen LogP) is 3.10. The van der Waals surface area contributed by atoms with Crippen molar-refractivity contribution >= 4 is 21.7 Å². The van der Waals surface area contributed by atoms with Crippen molar-refractivity contribution in [2.24, 2.45) is 0 Å². The van der Waals surface area contributed by atoms with E-state index in [9.17, 15) is 18.0 Å². The van der Waals surface area contributed by atoms with Crippen molar-refractivity contribution in [1.29, 1.82) is 0 Å². The van der Waals surface area contributed by atoms with E-state index in [1.807, 2.05) is 12.1 Å². The highest BCUT2D eigenvalue weighted by molar-refractivity contribution is 7.91. The number of sulfone groups is 1. The summed E-state index contributed by atoms with van der Waals surface area (Å²) in [6, 6.07) is 6.96. The second kappa shape index (κ2) is 8.46. The summed E-state index contributed by atoms with van der Waals surface area (Å²) < 4.78 is 29.1. The molecular formula is C22H31NO5S. The van der Waals surface area contributed by atoms with E-state index in [1.54, 1.807) is 17.0 Å². The quantitative estimate of drug-likeness (QED) is 0.683. The fourth-order valence-corrected chi connectivity index (χ4v) is 5.99. The number of rotatable bonds is 5. The normalized spacial score (nSPS) is 21.8. The third-order valence-corrected chi connectivity index (χ3v) is 7.67. The molecule has 1 aliphatic heterocycles. The van der Waals surface area contributed by atoms with Crippen molar-refractivity contribution in [1.82, 2.24) is 4.90 Å². The average Bonchev–Trinajstić information content (AvgIpc) is 3.29. The third kappa shape index (κ3) is 5.38. The lowest BCUT2D eigenvalue weighted by Gasteiger charge is -2.33. The monoisotopic (exact) mass is 421 g/mol. The number of carbonyl (C=O) groups is 2. The van der Waals surface area contributed by atoms with E-state index in [0.29, 0.717) is 12.0 Å². The van der Waals surface area contributed by atoms with Crippen LogP contribution in [-0.2, 0) is 24.8 Å². The van der Waals surface area contributed by atoms with E-state index >= 15 is 0 Å². The molecule has 0 bridgehead atoms. The van der Waals surface area contributed by atoms with E-state index in [1.165, 1.54) is 0 Å². The van der Waals surface area contributed by atoms with E-state index in [4.69, 9.17) is 4.74 Å². The van der Waals surface area contributed by atoms with Crippen LogP contribution in [0.3, 0.4) is 0 Å². The first-order chi connectivity index (χ1) is 13.6. The van der Waals surface area contributed by atoms with Gasteiger partial charge in [-0.1, -0.05) is 45.7 Å². The van der Waals surface area contributed by atoms with Gasteiger partial charge in [0.15, 0.2) is 16.4 Å². The van der Waals surface area contributed by atoms with Gasteiger partial charge < -0.3 is 9.64 Å². The molecule has 2 aliphatic rings. The van der Waals surface area contributed by atoms with Gasteiger partial charge in [0.25, 0.3) is 5.91 Å². The zero-order valence-corrected chi connectivity index (χ0v) is 18.3. The van der Waals surface area contributed by atoms with Crippen LogP contribution in [0.2, 0.25) is 0 Å². The van der Waals surface area contributed by atoms with Gasteiger partial charge in [0.2, 0.25) is 0 Å². The zero-order chi connectivity index (χ0) is 21.2. The van der Waals surface area contributed by atoms with Crippen molar-refractivity contribution in [3.05, 3.63) is 35.4 Å². The van der Waals surface area contributed by atoms with Crippen molar-refractivity contribution < 1.29 is 22.7 Å². The van der Waals surface area contributed by atoms with Crippen molar-refractivity contribution in [3.63, 3.8) is 0 Å². The van der Waals surface area contributed by atoms with Gasteiger partial charge in [0.05, 0.1) is 17.1 Å². The van der Waals surface area contributed by atoms with Gasteiger partial charge in [-0.25, -0.2) is 13.2 Å². The molecule has 1 saturated heterocycles. The molecule has 0 N–H and O–H groups in total. The lowest BCUT2D eigenvalue weighted by Crippen LogP contribution is -2.48. The number of hydrogen-bond acceptors (Lipinski definition) is 5. The summed E-state index contributed by atoms with van der Waals surface area (Å²) in [4.78, 5) is 27.0. The lowest BCUT2D eigenvalue weighted by molar-refractivity contribution is -0.139. The average molecular weight is 422 g/mol. The maximum atomic E-state index is 12.9. The highest BCUT2D eigenvalue weighted by Gasteiger charge is 2.39. The fraction of sp³-hybridized carbons (Fsp3) is 0.636. The number of nitrogens with zero attached hydrogens (tertiary/aromatic N) is 1. The Balaban J connectivity index is 1.64. The van der Waals surface area contributed by atoms with Crippen LogP contribution in [0.5, 0.6) is 0 Å². The zero-order valence-electron chi connectivity index (χ0n) is 17.5. The summed E-state index contributed by atoms with van der Waals surface area (Å²) in [7, 11) is -3.10. The van der Waals surface area contributed by atoms with Gasteiger partial charge in [-0.2, -0.15) is 0 Å². The second-order valence-corrected chi connectivity index (χ2v) is 11.4. The Hall–Kier alpha value is -1.89. The molecule has 2 fully saturated rings. The highest BCUT2D eigenvalue weighted by Crippen LogP contribution is 2.29. The van der Waals surface area contributed by atoms with E-state index < -0.39 is 15.8 Å². The lowest BCUT2D eigenvalue weighted by atomic mass is 9.87. The molecular weight excluding hydrogens is 390 g/mol. The van der Waals surface area contributed by atoms with Crippen molar-refractivity contribution in [3.8, 4) is 0 Å². The standard InChI is InChI=1S/C22H31NO5S/c1-22(2,3)17-10-8-16(9-11-17)21(25)28-14-20(24)23(18-6-4-5-7-18)19-12-13-29(26,27)15-19/h8-11,18-19H,4-7,12-15H2,1-3H3/t19-/m0/s1. The summed E-state index contributed by atoms with van der Waals surface area (Å²) in [5.41, 5.74) is 1.50. The summed E-state index contributed by atoms with van der Waals surface area (Å²) >= 11 is 0. The van der Waals surface area contributed by atoms with Gasteiger partial charge in [-0.15, -0.1) is 0 Å². The number of esters is 1. The molecule has 29 heavy (non-hydrogen) atoms. The van der Waals surface area contributed by atoms with Gasteiger partial charge in [0, 0.05) is 12.1 Å². The largest absolute Gasteiger partial charge is 0.452 e. The molecule has 1 aromatic carbocycles. The summed E-state index contributed by atoms with van der Waals surface area (Å²) in [5.74, 6) is -0.700. The SMILES string of the molecule is CC(C)(C)c1ccc(C(=O)OCC(=O)N(C2CCCC2)[C@H]2CCS(=O)(=O)C2)cc1. The molecule has 1 heterocycles. The van der Waals surface area contributed by atoms with Crippen LogP contribution in [0.4, 0.5) is 0 Å². The topological polar surface area (TPSA) is 80.8 Å². The molecule has 0 aromatic heterocycles. The minimum atomic E-state index is -3.10. The molecule has 3 rings (SSSR count). The molecule has 0 spiro atoms. The van der Waals surface area contributed by atoms with Gasteiger partial charge >= 0.3 is 5.97 Å². The molecule has 0 radical (unpaired) electrons. The first-order valence-electron chi connectivity index (χ1n) is 10.4.